The number of carboxylic acids is 1. The Morgan fingerprint density at radius 2 is 2.05 bits per heavy atom. The van der Waals surface area contributed by atoms with Crippen LogP contribution in [0.15, 0.2) is 0 Å². The first-order valence-corrected chi connectivity index (χ1v) is 8.11. The van der Waals surface area contributed by atoms with Crippen molar-refractivity contribution in [2.75, 3.05) is 0 Å². The summed E-state index contributed by atoms with van der Waals surface area (Å²) < 4.78 is 0. The van der Waals surface area contributed by atoms with Crippen LogP contribution in [0.5, 0.6) is 0 Å². The first-order valence-electron chi connectivity index (χ1n) is 8.11. The number of carbonyl (C=O) groups is 2. The van der Waals surface area contributed by atoms with Crippen molar-refractivity contribution in [2.45, 2.75) is 77.8 Å². The number of aliphatic carboxylic acids is 1. The van der Waals surface area contributed by atoms with Gasteiger partial charge in [0, 0.05) is 6.04 Å². The largest absolute Gasteiger partial charge is 0.480 e. The fourth-order valence-electron chi connectivity index (χ4n) is 3.22. The fourth-order valence-corrected chi connectivity index (χ4v) is 3.22. The van der Waals surface area contributed by atoms with Crippen molar-refractivity contribution in [3.05, 3.63) is 0 Å². The minimum atomic E-state index is -1.10. The molecule has 21 heavy (non-hydrogen) atoms. The third kappa shape index (κ3) is 5.21. The molecular weight excluding hydrogens is 268 g/mol. The summed E-state index contributed by atoms with van der Waals surface area (Å²) in [5.41, 5.74) is -1.10. The molecule has 2 amide bonds. The average molecular weight is 298 g/mol. The minimum absolute atomic E-state index is 0.0480. The molecule has 122 valence electrons. The Morgan fingerprint density at radius 3 is 2.57 bits per heavy atom. The van der Waals surface area contributed by atoms with E-state index in [1.807, 2.05) is 13.8 Å². The van der Waals surface area contributed by atoms with Gasteiger partial charge in [0.2, 0.25) is 0 Å². The summed E-state index contributed by atoms with van der Waals surface area (Å²) in [5, 5.41) is 15.1. The summed E-state index contributed by atoms with van der Waals surface area (Å²) in [5.74, 6) is -0.0464. The fraction of sp³-hybridized carbons (Fsp3) is 0.875. The first kappa shape index (κ1) is 17.8. The van der Waals surface area contributed by atoms with Gasteiger partial charge in [-0.1, -0.05) is 40.0 Å². The maximum atomic E-state index is 12.1. The minimum Gasteiger partial charge on any atom is -0.480 e. The summed E-state index contributed by atoms with van der Waals surface area (Å²) >= 11 is 0. The highest BCUT2D eigenvalue weighted by Gasteiger charge is 2.43. The van der Waals surface area contributed by atoms with Gasteiger partial charge in [0.1, 0.15) is 5.54 Å². The van der Waals surface area contributed by atoms with Gasteiger partial charge in [0.15, 0.2) is 0 Å². The quantitative estimate of drug-likeness (QED) is 0.705. The maximum Gasteiger partial charge on any atom is 0.329 e. The van der Waals surface area contributed by atoms with Gasteiger partial charge in [0.25, 0.3) is 0 Å². The second-order valence-electron chi connectivity index (χ2n) is 6.84. The maximum absolute atomic E-state index is 12.1. The van der Waals surface area contributed by atoms with Crippen molar-refractivity contribution >= 4 is 12.0 Å². The lowest BCUT2D eigenvalue weighted by Gasteiger charge is -2.37. The molecule has 4 atom stereocenters. The van der Waals surface area contributed by atoms with E-state index in [0.717, 1.165) is 25.7 Å². The van der Waals surface area contributed by atoms with Crippen LogP contribution in [-0.4, -0.2) is 28.7 Å². The number of hydrogen-bond donors (Lipinski definition) is 3. The monoisotopic (exact) mass is 298 g/mol. The number of nitrogens with one attached hydrogen (secondary N) is 2. The van der Waals surface area contributed by atoms with Gasteiger partial charge in [-0.3, -0.25) is 0 Å². The van der Waals surface area contributed by atoms with Crippen LogP contribution >= 0.6 is 0 Å². The van der Waals surface area contributed by atoms with Crippen molar-refractivity contribution in [3.63, 3.8) is 0 Å². The molecule has 0 saturated heterocycles. The van der Waals surface area contributed by atoms with Gasteiger partial charge >= 0.3 is 12.0 Å². The van der Waals surface area contributed by atoms with E-state index in [9.17, 15) is 14.7 Å². The van der Waals surface area contributed by atoms with Crippen molar-refractivity contribution in [1.82, 2.24) is 10.6 Å². The van der Waals surface area contributed by atoms with Crippen molar-refractivity contribution in [2.24, 2.45) is 11.8 Å². The number of rotatable bonds is 6. The molecule has 3 N–H and O–H groups in total. The molecule has 5 heteroatoms. The number of carbonyl (C=O) groups excluding carboxylic acids is 1. The SMILES string of the molecule is CCC(C)CC(C)NC(=O)NC1(C(=O)O)CCCC(C)C1. The smallest absolute Gasteiger partial charge is 0.329 e. The van der Waals surface area contributed by atoms with E-state index in [4.69, 9.17) is 0 Å². The highest BCUT2D eigenvalue weighted by atomic mass is 16.4. The van der Waals surface area contributed by atoms with Crippen LogP contribution in [0.1, 0.15) is 66.2 Å². The molecule has 1 fully saturated rings. The summed E-state index contributed by atoms with van der Waals surface area (Å²) in [4.78, 5) is 23.7. The molecule has 0 bridgehead atoms. The van der Waals surface area contributed by atoms with Crippen molar-refractivity contribution < 1.29 is 14.7 Å². The lowest BCUT2D eigenvalue weighted by Crippen LogP contribution is -2.59. The predicted molar refractivity (Wildman–Crippen MR) is 83.2 cm³/mol. The van der Waals surface area contributed by atoms with Gasteiger partial charge in [-0.15, -0.1) is 0 Å². The lowest BCUT2D eigenvalue weighted by atomic mass is 9.76. The molecule has 0 aromatic carbocycles. The molecule has 1 rings (SSSR count). The molecule has 1 aliphatic rings. The van der Waals surface area contributed by atoms with Gasteiger partial charge in [-0.25, -0.2) is 9.59 Å². The van der Waals surface area contributed by atoms with Gasteiger partial charge < -0.3 is 15.7 Å². The first-order chi connectivity index (χ1) is 9.79. The van der Waals surface area contributed by atoms with Crippen molar-refractivity contribution in [3.8, 4) is 0 Å². The van der Waals surface area contributed by atoms with E-state index < -0.39 is 11.5 Å². The van der Waals surface area contributed by atoms with Crippen LogP contribution < -0.4 is 10.6 Å². The average Bonchev–Trinajstić information content (AvgIpc) is 2.37. The normalized spacial score (nSPS) is 28.5. The molecule has 0 aliphatic heterocycles. The third-order valence-corrected chi connectivity index (χ3v) is 4.59. The number of hydrogen-bond acceptors (Lipinski definition) is 2. The van der Waals surface area contributed by atoms with Crippen LogP contribution in [-0.2, 0) is 4.79 Å². The van der Waals surface area contributed by atoms with E-state index in [1.165, 1.54) is 0 Å². The Hall–Kier alpha value is -1.26. The van der Waals surface area contributed by atoms with Crippen molar-refractivity contribution in [1.29, 1.82) is 0 Å². The Labute approximate surface area is 127 Å². The third-order valence-electron chi connectivity index (χ3n) is 4.59. The highest BCUT2D eigenvalue weighted by Crippen LogP contribution is 2.32. The van der Waals surface area contributed by atoms with Crippen LogP contribution in [0.2, 0.25) is 0 Å². The molecule has 4 unspecified atom stereocenters. The summed E-state index contributed by atoms with van der Waals surface area (Å²) in [6, 6.07) is -0.311. The summed E-state index contributed by atoms with van der Waals surface area (Å²) in [6.45, 7) is 8.28. The van der Waals surface area contributed by atoms with E-state index >= 15 is 0 Å². The standard InChI is InChI=1S/C16H30N2O3/c1-5-11(2)9-13(4)17-15(21)18-16(14(19)20)8-6-7-12(3)10-16/h11-13H,5-10H2,1-4H3,(H,19,20)(H2,17,18,21). The zero-order valence-corrected chi connectivity index (χ0v) is 13.7. The predicted octanol–water partition coefficient (Wildman–Crippen LogP) is 3.14. The van der Waals surface area contributed by atoms with Gasteiger partial charge in [-0.05, 0) is 38.0 Å². The van der Waals surface area contributed by atoms with Gasteiger partial charge in [-0.2, -0.15) is 0 Å². The summed E-state index contributed by atoms with van der Waals surface area (Å²) in [6.07, 6.45) is 4.87. The van der Waals surface area contributed by atoms with E-state index in [2.05, 4.69) is 24.5 Å². The Balaban J connectivity index is 2.59. The molecular formula is C16H30N2O3. The Morgan fingerprint density at radius 1 is 1.38 bits per heavy atom. The number of urea groups is 1. The molecule has 5 nitrogen and oxygen atoms in total. The molecule has 0 spiro atoms. The van der Waals surface area contributed by atoms with E-state index in [1.54, 1.807) is 0 Å². The van der Waals surface area contributed by atoms with Crippen LogP contribution in [0.25, 0.3) is 0 Å². The molecule has 0 heterocycles. The Kier molecular flexibility index (Phi) is 6.49. The Bertz CT molecular complexity index is 373. The van der Waals surface area contributed by atoms with Crippen LogP contribution in [0.4, 0.5) is 4.79 Å². The summed E-state index contributed by atoms with van der Waals surface area (Å²) in [7, 11) is 0. The molecule has 1 aliphatic carbocycles. The second-order valence-corrected chi connectivity index (χ2v) is 6.84. The lowest BCUT2D eigenvalue weighted by molar-refractivity contribution is -0.146. The highest BCUT2D eigenvalue weighted by molar-refractivity contribution is 5.86. The molecule has 1 saturated carbocycles. The zero-order chi connectivity index (χ0) is 16.0. The zero-order valence-electron chi connectivity index (χ0n) is 13.7. The van der Waals surface area contributed by atoms with E-state index in [0.29, 0.717) is 24.7 Å². The van der Waals surface area contributed by atoms with Crippen LogP contribution in [0, 0.1) is 11.8 Å². The van der Waals surface area contributed by atoms with Crippen LogP contribution in [0.3, 0.4) is 0 Å². The molecule has 0 aromatic heterocycles. The molecule has 0 aromatic rings. The second kappa shape index (κ2) is 7.66. The topological polar surface area (TPSA) is 78.4 Å². The van der Waals surface area contributed by atoms with E-state index in [-0.39, 0.29) is 12.1 Å². The number of amides is 2. The number of carboxylic acid groups (broad SMARTS) is 1. The van der Waals surface area contributed by atoms with Gasteiger partial charge in [0.05, 0.1) is 0 Å². The molecule has 0 radical (unpaired) electrons.